The van der Waals surface area contributed by atoms with Gasteiger partial charge in [-0.15, -0.1) is 0 Å². The Hall–Kier alpha value is -1.11. The van der Waals surface area contributed by atoms with Crippen molar-refractivity contribution in [1.29, 1.82) is 0 Å². The largest absolute Gasteiger partial charge is 0.480 e. The van der Waals surface area contributed by atoms with Crippen LogP contribution in [0.15, 0.2) is 12.2 Å². The second-order valence-electron chi connectivity index (χ2n) is 3.08. The highest BCUT2D eigenvalue weighted by atomic mass is 16.5. The third-order valence-electron chi connectivity index (χ3n) is 2.10. The summed E-state index contributed by atoms with van der Waals surface area (Å²) in [5.74, 6) is 2.18. The normalized spacial score (nSPS) is 15.9. The summed E-state index contributed by atoms with van der Waals surface area (Å²) in [6.07, 6.45) is 3.34. The van der Waals surface area contributed by atoms with Crippen LogP contribution in [0.2, 0.25) is 0 Å². The molecule has 0 saturated carbocycles. The van der Waals surface area contributed by atoms with Crippen molar-refractivity contribution < 1.29 is 14.8 Å². The van der Waals surface area contributed by atoms with E-state index >= 15 is 0 Å². The first kappa shape index (κ1) is 9.45. The van der Waals surface area contributed by atoms with Crippen LogP contribution in [-0.4, -0.2) is 33.3 Å². The first-order valence-corrected chi connectivity index (χ1v) is 4.44. The van der Waals surface area contributed by atoms with Crippen molar-refractivity contribution in [2.24, 2.45) is 0 Å². The second-order valence-corrected chi connectivity index (χ2v) is 3.08. The number of fused-ring (bicyclic) bond motifs is 1. The molecule has 0 aromatic carbocycles. The van der Waals surface area contributed by atoms with Crippen LogP contribution in [0.3, 0.4) is 0 Å². The minimum Gasteiger partial charge on any atom is -0.424 e. The lowest BCUT2D eigenvalue weighted by molar-refractivity contribution is 0.0814. The van der Waals surface area contributed by atoms with Gasteiger partial charge in [0, 0.05) is 6.54 Å². The quantitative estimate of drug-likeness (QED) is 0.619. The highest BCUT2D eigenvalue weighted by Gasteiger charge is 2.12. The molecule has 0 saturated heterocycles. The molecule has 0 bridgehead atoms. The lowest BCUT2D eigenvalue weighted by Crippen LogP contribution is -2.17. The van der Waals surface area contributed by atoms with E-state index in [9.17, 15) is 0 Å². The lowest BCUT2D eigenvalue weighted by atomic mass is 9.91. The van der Waals surface area contributed by atoms with Crippen molar-refractivity contribution in [3.8, 4) is 0 Å². The summed E-state index contributed by atoms with van der Waals surface area (Å²) in [6, 6.07) is 0. The number of hydrogen-bond donors (Lipinski definition) is 2. The topological polar surface area (TPSA) is 67.5 Å². The lowest BCUT2D eigenvalue weighted by Gasteiger charge is -2.15. The molecule has 0 aliphatic carbocycles. The van der Waals surface area contributed by atoms with Gasteiger partial charge in [0.25, 0.3) is 0 Å². The van der Waals surface area contributed by atoms with E-state index in [0.717, 1.165) is 18.1 Å². The van der Waals surface area contributed by atoms with Crippen LogP contribution in [0.5, 0.6) is 0 Å². The average molecular weight is 194 g/mol. The maximum absolute atomic E-state index is 8.67. The fourth-order valence-corrected chi connectivity index (χ4v) is 1.44. The molecule has 0 atom stereocenters. The van der Waals surface area contributed by atoms with Gasteiger partial charge in [0.2, 0.25) is 0 Å². The molecule has 14 heavy (non-hydrogen) atoms. The monoisotopic (exact) mass is 194 g/mol. The van der Waals surface area contributed by atoms with Gasteiger partial charge in [0.05, 0.1) is 18.5 Å². The molecule has 2 rings (SSSR count). The highest BCUT2D eigenvalue weighted by molar-refractivity contribution is 6.48. The second kappa shape index (κ2) is 3.95. The van der Waals surface area contributed by atoms with Crippen LogP contribution in [-0.2, 0) is 17.9 Å². The summed E-state index contributed by atoms with van der Waals surface area (Å²) in [7, 11) is -1.42. The molecule has 0 fully saturated rings. The molecular weight excluding hydrogens is 183 g/mol. The number of hydrogen-bond acceptors (Lipinski definition) is 4. The van der Waals surface area contributed by atoms with E-state index in [0.29, 0.717) is 13.2 Å². The van der Waals surface area contributed by atoms with E-state index in [4.69, 9.17) is 14.8 Å². The summed E-state index contributed by atoms with van der Waals surface area (Å²) in [5, 5.41) is 17.3. The fourth-order valence-electron chi connectivity index (χ4n) is 1.44. The van der Waals surface area contributed by atoms with Gasteiger partial charge in [0.1, 0.15) is 12.4 Å². The molecule has 6 heteroatoms. The zero-order chi connectivity index (χ0) is 9.97. The van der Waals surface area contributed by atoms with Crippen molar-refractivity contribution >= 4 is 13.2 Å². The number of aromatic nitrogens is 2. The van der Waals surface area contributed by atoms with Crippen LogP contribution < -0.4 is 0 Å². The Balaban J connectivity index is 2.22. The molecule has 0 unspecified atom stereocenters. The van der Waals surface area contributed by atoms with Crippen molar-refractivity contribution in [3.63, 3.8) is 0 Å². The summed E-state index contributed by atoms with van der Waals surface area (Å²) in [6.45, 7) is 1.96. The Bertz CT molecular complexity index is 348. The number of ether oxygens (including phenoxy) is 1. The SMILES string of the molecule is OB(O)/C=C/c1cnc2n1CCOC2. The Morgan fingerprint density at radius 1 is 1.57 bits per heavy atom. The van der Waals surface area contributed by atoms with Gasteiger partial charge in [-0.05, 0) is 6.08 Å². The van der Waals surface area contributed by atoms with E-state index in [1.807, 2.05) is 4.57 Å². The van der Waals surface area contributed by atoms with Gasteiger partial charge >= 0.3 is 7.12 Å². The number of imidazole rings is 1. The summed E-state index contributed by atoms with van der Waals surface area (Å²) >= 11 is 0. The maximum Gasteiger partial charge on any atom is 0.480 e. The molecule has 1 aliphatic rings. The molecule has 2 heterocycles. The minimum atomic E-state index is -1.42. The van der Waals surface area contributed by atoms with Gasteiger partial charge in [-0.1, -0.05) is 5.98 Å². The van der Waals surface area contributed by atoms with Gasteiger partial charge in [-0.2, -0.15) is 0 Å². The van der Waals surface area contributed by atoms with Crippen LogP contribution in [0.1, 0.15) is 11.5 Å². The van der Waals surface area contributed by atoms with E-state index < -0.39 is 7.12 Å². The Morgan fingerprint density at radius 3 is 3.21 bits per heavy atom. The van der Waals surface area contributed by atoms with Gasteiger partial charge in [0.15, 0.2) is 0 Å². The Kier molecular flexibility index (Phi) is 2.67. The maximum atomic E-state index is 8.67. The Labute approximate surface area is 81.8 Å². The van der Waals surface area contributed by atoms with E-state index in [1.54, 1.807) is 12.3 Å². The highest BCUT2D eigenvalue weighted by Crippen LogP contribution is 2.12. The molecule has 0 spiro atoms. The smallest absolute Gasteiger partial charge is 0.424 e. The van der Waals surface area contributed by atoms with Crippen LogP contribution >= 0.6 is 0 Å². The zero-order valence-electron chi connectivity index (χ0n) is 7.63. The van der Waals surface area contributed by atoms with Crippen LogP contribution in [0, 0.1) is 0 Å². The molecule has 0 amide bonds. The predicted octanol–water partition coefficient (Wildman–Crippen LogP) is -0.562. The molecule has 1 aliphatic heterocycles. The van der Waals surface area contributed by atoms with Crippen molar-refractivity contribution in [2.75, 3.05) is 6.61 Å². The molecular formula is C8H11BN2O3. The minimum absolute atomic E-state index is 0.523. The summed E-state index contributed by atoms with van der Waals surface area (Å²) in [5.41, 5.74) is 0.872. The van der Waals surface area contributed by atoms with Crippen LogP contribution in [0.4, 0.5) is 0 Å². The first-order chi connectivity index (χ1) is 6.77. The third kappa shape index (κ3) is 1.87. The Morgan fingerprint density at radius 2 is 2.43 bits per heavy atom. The molecule has 1 aromatic heterocycles. The van der Waals surface area contributed by atoms with Gasteiger partial charge in [-0.3, -0.25) is 0 Å². The van der Waals surface area contributed by atoms with Crippen molar-refractivity contribution in [2.45, 2.75) is 13.2 Å². The zero-order valence-corrected chi connectivity index (χ0v) is 7.63. The van der Waals surface area contributed by atoms with Gasteiger partial charge in [-0.25, -0.2) is 4.98 Å². The third-order valence-corrected chi connectivity index (χ3v) is 2.10. The molecule has 2 N–H and O–H groups in total. The van der Waals surface area contributed by atoms with E-state index in [2.05, 4.69) is 4.98 Å². The van der Waals surface area contributed by atoms with E-state index in [-0.39, 0.29) is 0 Å². The standard InChI is InChI=1S/C8H11BN2O3/c12-9(13)2-1-7-5-10-8-6-14-4-3-11(7)8/h1-2,5,12-13H,3-4,6H2/b2-1+. The molecule has 74 valence electrons. The van der Waals surface area contributed by atoms with Gasteiger partial charge < -0.3 is 19.4 Å². The first-order valence-electron chi connectivity index (χ1n) is 4.44. The molecule has 0 radical (unpaired) electrons. The number of rotatable bonds is 2. The van der Waals surface area contributed by atoms with Crippen LogP contribution in [0.25, 0.3) is 6.08 Å². The fraction of sp³-hybridized carbons (Fsp3) is 0.375. The number of nitrogens with zero attached hydrogens (tertiary/aromatic N) is 2. The molecule has 5 nitrogen and oxygen atoms in total. The average Bonchev–Trinajstić information content (AvgIpc) is 2.58. The van der Waals surface area contributed by atoms with Crippen molar-refractivity contribution in [1.82, 2.24) is 9.55 Å². The summed E-state index contributed by atoms with van der Waals surface area (Å²) in [4.78, 5) is 4.16. The van der Waals surface area contributed by atoms with E-state index in [1.165, 1.54) is 5.98 Å². The predicted molar refractivity (Wildman–Crippen MR) is 51.1 cm³/mol. The molecule has 1 aromatic rings. The summed E-state index contributed by atoms with van der Waals surface area (Å²) < 4.78 is 7.23. The van der Waals surface area contributed by atoms with Crippen molar-refractivity contribution in [3.05, 3.63) is 23.7 Å².